The molecule has 0 spiro atoms. The van der Waals surface area contributed by atoms with Gasteiger partial charge in [-0.3, -0.25) is 4.79 Å². The quantitative estimate of drug-likeness (QED) is 0.593. The number of hydrogen-bond donors (Lipinski definition) is 0. The maximum absolute atomic E-state index is 11.3. The zero-order chi connectivity index (χ0) is 13.0. The fraction of sp³-hybridized carbons (Fsp3) is 0.438. The summed E-state index contributed by atoms with van der Waals surface area (Å²) in [4.78, 5) is 11.3. The van der Waals surface area contributed by atoms with Crippen molar-refractivity contribution < 1.29 is 9.53 Å². The van der Waals surface area contributed by atoms with Gasteiger partial charge in [-0.15, -0.1) is 0 Å². The normalized spacial score (nSPS) is 22.8. The Bertz CT molecular complexity index is 448. The van der Waals surface area contributed by atoms with Gasteiger partial charge in [0.25, 0.3) is 0 Å². The summed E-state index contributed by atoms with van der Waals surface area (Å²) in [5.74, 6) is 2.13. The first kappa shape index (κ1) is 12.9. The van der Waals surface area contributed by atoms with E-state index in [2.05, 4.69) is 19.1 Å². The Morgan fingerprint density at radius 2 is 2.11 bits per heavy atom. The van der Waals surface area contributed by atoms with Crippen LogP contribution in [-0.2, 0) is 0 Å². The highest BCUT2D eigenvalue weighted by atomic mass is 16.5. The summed E-state index contributed by atoms with van der Waals surface area (Å²) in [6, 6.07) is 7.43. The van der Waals surface area contributed by atoms with Crippen molar-refractivity contribution in [1.82, 2.24) is 0 Å². The molecule has 2 atom stereocenters. The lowest BCUT2D eigenvalue weighted by Gasteiger charge is -2.25. The molecular formula is C16H20O2. The van der Waals surface area contributed by atoms with E-state index < -0.39 is 0 Å². The third-order valence-electron chi connectivity index (χ3n) is 3.62. The van der Waals surface area contributed by atoms with Gasteiger partial charge in [0.2, 0.25) is 0 Å². The van der Waals surface area contributed by atoms with E-state index >= 15 is 0 Å². The van der Waals surface area contributed by atoms with E-state index in [1.54, 1.807) is 6.92 Å². The summed E-state index contributed by atoms with van der Waals surface area (Å²) >= 11 is 0. The molecule has 0 fully saturated rings. The molecule has 0 saturated heterocycles. The highest BCUT2D eigenvalue weighted by Gasteiger charge is 2.18. The Morgan fingerprint density at radius 3 is 2.83 bits per heavy atom. The summed E-state index contributed by atoms with van der Waals surface area (Å²) in [6.07, 6.45) is 6.71. The van der Waals surface area contributed by atoms with Gasteiger partial charge in [0, 0.05) is 5.56 Å². The Morgan fingerprint density at radius 1 is 1.33 bits per heavy atom. The molecule has 0 aromatic heterocycles. The van der Waals surface area contributed by atoms with Crippen LogP contribution in [0, 0.1) is 11.8 Å². The van der Waals surface area contributed by atoms with Crippen LogP contribution < -0.4 is 4.74 Å². The van der Waals surface area contributed by atoms with Crippen LogP contribution in [0.5, 0.6) is 5.75 Å². The van der Waals surface area contributed by atoms with Crippen molar-refractivity contribution in [2.24, 2.45) is 11.8 Å². The molecule has 1 aromatic rings. The van der Waals surface area contributed by atoms with Crippen LogP contribution in [0.2, 0.25) is 0 Å². The van der Waals surface area contributed by atoms with Gasteiger partial charge in [-0.2, -0.15) is 0 Å². The number of benzene rings is 1. The second kappa shape index (κ2) is 5.85. The molecule has 2 unspecified atom stereocenters. The molecule has 0 aliphatic heterocycles. The van der Waals surface area contributed by atoms with Gasteiger partial charge in [0.1, 0.15) is 5.75 Å². The minimum atomic E-state index is 0.0782. The Labute approximate surface area is 109 Å². The molecule has 2 heteroatoms. The molecule has 0 amide bonds. The second-order valence-electron chi connectivity index (χ2n) is 5.08. The number of rotatable bonds is 4. The van der Waals surface area contributed by atoms with Crippen molar-refractivity contribution in [1.29, 1.82) is 0 Å². The third kappa shape index (κ3) is 3.22. The summed E-state index contributed by atoms with van der Waals surface area (Å²) in [5.41, 5.74) is 0.712. The molecule has 2 nitrogen and oxygen atoms in total. The van der Waals surface area contributed by atoms with Gasteiger partial charge in [0.05, 0.1) is 6.61 Å². The first-order chi connectivity index (χ1) is 8.66. The zero-order valence-electron chi connectivity index (χ0n) is 11.1. The van der Waals surface area contributed by atoms with Crippen LogP contribution >= 0.6 is 0 Å². The first-order valence-corrected chi connectivity index (χ1v) is 6.55. The molecule has 18 heavy (non-hydrogen) atoms. The summed E-state index contributed by atoms with van der Waals surface area (Å²) in [5, 5.41) is 0. The van der Waals surface area contributed by atoms with Crippen molar-refractivity contribution in [2.75, 3.05) is 6.61 Å². The average molecular weight is 244 g/mol. The molecule has 1 aromatic carbocycles. The van der Waals surface area contributed by atoms with Gasteiger partial charge in [-0.05, 0) is 43.7 Å². The molecule has 0 heterocycles. The van der Waals surface area contributed by atoms with Crippen LogP contribution in [0.1, 0.15) is 37.0 Å². The Kier molecular flexibility index (Phi) is 4.19. The summed E-state index contributed by atoms with van der Waals surface area (Å²) in [7, 11) is 0. The number of Topliss-reactive ketones (excluding diaryl/α,β-unsaturated/α-hetero) is 1. The highest BCUT2D eigenvalue weighted by Crippen LogP contribution is 2.26. The maximum atomic E-state index is 11.3. The number of carbonyl (C=O) groups excluding carboxylic acids is 1. The smallest absolute Gasteiger partial charge is 0.159 e. The summed E-state index contributed by atoms with van der Waals surface area (Å²) < 4.78 is 5.82. The first-order valence-electron chi connectivity index (χ1n) is 6.55. The minimum absolute atomic E-state index is 0.0782. The monoisotopic (exact) mass is 244 g/mol. The number of ketones is 1. The van der Waals surface area contributed by atoms with E-state index in [0.717, 1.165) is 25.2 Å². The van der Waals surface area contributed by atoms with E-state index in [1.807, 2.05) is 24.3 Å². The molecule has 2 rings (SSSR count). The second-order valence-corrected chi connectivity index (χ2v) is 5.08. The van der Waals surface area contributed by atoms with Gasteiger partial charge >= 0.3 is 0 Å². The van der Waals surface area contributed by atoms with E-state index in [0.29, 0.717) is 17.4 Å². The number of hydrogen-bond acceptors (Lipinski definition) is 2. The molecular weight excluding hydrogens is 224 g/mol. The fourth-order valence-electron chi connectivity index (χ4n) is 2.25. The van der Waals surface area contributed by atoms with E-state index in [9.17, 15) is 4.79 Å². The predicted molar refractivity (Wildman–Crippen MR) is 73.0 cm³/mol. The van der Waals surface area contributed by atoms with Gasteiger partial charge in [-0.25, -0.2) is 0 Å². The van der Waals surface area contributed by atoms with Crippen LogP contribution in [-0.4, -0.2) is 12.4 Å². The average Bonchev–Trinajstić information content (AvgIpc) is 2.38. The fourth-order valence-corrected chi connectivity index (χ4v) is 2.25. The molecule has 0 bridgehead atoms. The lowest BCUT2D eigenvalue weighted by molar-refractivity contribution is 0.101. The molecule has 0 radical (unpaired) electrons. The lowest BCUT2D eigenvalue weighted by atomic mass is 9.85. The highest BCUT2D eigenvalue weighted by molar-refractivity contribution is 5.94. The molecule has 0 saturated carbocycles. The van der Waals surface area contributed by atoms with Gasteiger partial charge in [-0.1, -0.05) is 31.2 Å². The number of allylic oxidation sites excluding steroid dienone is 2. The standard InChI is InChI=1S/C16H20O2/c1-12-6-3-4-7-15(12)11-18-16-9-5-8-14(10-16)13(2)17/h3-5,8-10,12,15H,6-7,11H2,1-2H3. The van der Waals surface area contributed by atoms with Crippen LogP contribution in [0.4, 0.5) is 0 Å². The van der Waals surface area contributed by atoms with E-state index in [-0.39, 0.29) is 5.78 Å². The van der Waals surface area contributed by atoms with Gasteiger partial charge < -0.3 is 4.74 Å². The van der Waals surface area contributed by atoms with Crippen LogP contribution in [0.15, 0.2) is 36.4 Å². The minimum Gasteiger partial charge on any atom is -0.493 e. The Hall–Kier alpha value is -1.57. The van der Waals surface area contributed by atoms with Crippen LogP contribution in [0.3, 0.4) is 0 Å². The lowest BCUT2D eigenvalue weighted by Crippen LogP contribution is -2.21. The maximum Gasteiger partial charge on any atom is 0.159 e. The molecule has 1 aliphatic rings. The van der Waals surface area contributed by atoms with Crippen LogP contribution in [0.25, 0.3) is 0 Å². The predicted octanol–water partition coefficient (Wildman–Crippen LogP) is 3.87. The Balaban J connectivity index is 1.95. The largest absolute Gasteiger partial charge is 0.493 e. The number of carbonyl (C=O) groups is 1. The van der Waals surface area contributed by atoms with Crippen molar-refractivity contribution in [2.45, 2.75) is 26.7 Å². The SMILES string of the molecule is CC(=O)c1cccc(OCC2CC=CCC2C)c1. The topological polar surface area (TPSA) is 26.3 Å². The van der Waals surface area contributed by atoms with E-state index in [4.69, 9.17) is 4.74 Å². The third-order valence-corrected chi connectivity index (χ3v) is 3.62. The number of ether oxygens (including phenoxy) is 1. The van der Waals surface area contributed by atoms with Crippen molar-refractivity contribution in [3.05, 3.63) is 42.0 Å². The van der Waals surface area contributed by atoms with Crippen molar-refractivity contribution in [3.8, 4) is 5.75 Å². The van der Waals surface area contributed by atoms with Crippen molar-refractivity contribution in [3.63, 3.8) is 0 Å². The zero-order valence-corrected chi connectivity index (χ0v) is 11.1. The molecule has 0 N–H and O–H groups in total. The van der Waals surface area contributed by atoms with Gasteiger partial charge in [0.15, 0.2) is 5.78 Å². The molecule has 96 valence electrons. The van der Waals surface area contributed by atoms with Crippen molar-refractivity contribution >= 4 is 5.78 Å². The van der Waals surface area contributed by atoms with E-state index in [1.165, 1.54) is 0 Å². The summed E-state index contributed by atoms with van der Waals surface area (Å²) in [6.45, 7) is 4.57. The molecule has 1 aliphatic carbocycles.